The number of hydrogen-bond acceptors (Lipinski definition) is 4. The molecule has 1 unspecified atom stereocenters. The topological polar surface area (TPSA) is 59.8 Å². The predicted molar refractivity (Wildman–Crippen MR) is 125 cm³/mol. The Morgan fingerprint density at radius 1 is 1.03 bits per heavy atom. The summed E-state index contributed by atoms with van der Waals surface area (Å²) in [4.78, 5) is 27.7. The molecule has 0 N–H and O–H groups in total. The largest absolute Gasteiger partial charge is 0.473 e. The summed E-state index contributed by atoms with van der Waals surface area (Å²) < 4.78 is 12.1. The van der Waals surface area contributed by atoms with Crippen LogP contribution in [0.15, 0.2) is 57.7 Å². The van der Waals surface area contributed by atoms with Gasteiger partial charge in [-0.25, -0.2) is 0 Å². The zero-order chi connectivity index (χ0) is 22.8. The van der Waals surface area contributed by atoms with Gasteiger partial charge in [-0.15, -0.1) is 0 Å². The normalized spacial score (nSPS) is 12.6. The predicted octanol–water partition coefficient (Wildman–Crippen LogP) is 5.39. The third-order valence-electron chi connectivity index (χ3n) is 5.49. The van der Waals surface area contributed by atoms with Crippen LogP contribution in [0.2, 0.25) is 0 Å². The Balaban J connectivity index is 2.12. The molecular weight excluding hydrogens is 390 g/mol. The van der Waals surface area contributed by atoms with Crippen molar-refractivity contribution < 1.29 is 13.9 Å². The van der Waals surface area contributed by atoms with Crippen molar-refractivity contribution in [2.45, 2.75) is 53.1 Å². The van der Waals surface area contributed by atoms with Crippen molar-refractivity contribution in [2.24, 2.45) is 0 Å². The van der Waals surface area contributed by atoms with E-state index in [1.54, 1.807) is 30.0 Å². The van der Waals surface area contributed by atoms with E-state index >= 15 is 0 Å². The van der Waals surface area contributed by atoms with Crippen molar-refractivity contribution >= 4 is 16.9 Å². The van der Waals surface area contributed by atoms with Crippen molar-refractivity contribution in [3.05, 3.63) is 64.3 Å². The van der Waals surface area contributed by atoms with Crippen LogP contribution in [0.1, 0.15) is 47.1 Å². The van der Waals surface area contributed by atoms with Gasteiger partial charge in [0.05, 0.1) is 5.39 Å². The first-order chi connectivity index (χ1) is 14.7. The molecule has 1 aromatic heterocycles. The van der Waals surface area contributed by atoms with Gasteiger partial charge in [0.1, 0.15) is 5.58 Å². The fraction of sp³-hybridized carbons (Fsp3) is 0.385. The van der Waals surface area contributed by atoms with Crippen LogP contribution < -0.4 is 10.2 Å². The first-order valence-electron chi connectivity index (χ1n) is 10.8. The summed E-state index contributed by atoms with van der Waals surface area (Å²) >= 11 is 0. The Labute approximate surface area is 183 Å². The lowest BCUT2D eigenvalue weighted by Gasteiger charge is -2.24. The van der Waals surface area contributed by atoms with Gasteiger partial charge in [-0.3, -0.25) is 9.59 Å². The van der Waals surface area contributed by atoms with Crippen molar-refractivity contribution in [1.82, 2.24) is 4.90 Å². The van der Waals surface area contributed by atoms with E-state index in [-0.39, 0.29) is 22.5 Å². The van der Waals surface area contributed by atoms with Crippen molar-refractivity contribution in [2.75, 3.05) is 13.1 Å². The Bertz CT molecular complexity index is 1120. The van der Waals surface area contributed by atoms with Crippen LogP contribution in [0.5, 0.6) is 5.75 Å². The molecule has 0 saturated heterocycles. The molecular formula is C26H31NO4. The van der Waals surface area contributed by atoms with E-state index in [1.807, 2.05) is 44.2 Å². The molecule has 5 nitrogen and oxygen atoms in total. The zero-order valence-electron chi connectivity index (χ0n) is 19.2. The van der Waals surface area contributed by atoms with Gasteiger partial charge in [0, 0.05) is 18.7 Å². The monoisotopic (exact) mass is 421 g/mol. The Hall–Kier alpha value is -3.08. The highest BCUT2D eigenvalue weighted by molar-refractivity contribution is 5.84. The number of ether oxygens (including phenoxy) is 1. The number of hydrogen-bond donors (Lipinski definition) is 0. The standard InChI is InChI=1S/C26H31NO4/c1-7-27(8-2)25(29)17(3)30-24-22(28)20-11-9-10-12-21(20)31-23(24)18-13-15-19(16-14-18)26(4,5)6/h9-17H,7-8H2,1-6H3. The quantitative estimate of drug-likeness (QED) is 0.535. The summed E-state index contributed by atoms with van der Waals surface area (Å²) in [6, 6.07) is 15.0. The van der Waals surface area contributed by atoms with Gasteiger partial charge < -0.3 is 14.1 Å². The van der Waals surface area contributed by atoms with E-state index < -0.39 is 6.10 Å². The van der Waals surface area contributed by atoms with Crippen LogP contribution in [0, 0.1) is 0 Å². The molecule has 2 aromatic carbocycles. The third kappa shape index (κ3) is 4.66. The first-order valence-corrected chi connectivity index (χ1v) is 10.8. The molecule has 0 saturated carbocycles. The number of amides is 1. The van der Waals surface area contributed by atoms with Crippen LogP contribution in [-0.4, -0.2) is 30.0 Å². The first kappa shape index (κ1) is 22.6. The lowest BCUT2D eigenvalue weighted by atomic mass is 9.86. The van der Waals surface area contributed by atoms with E-state index in [2.05, 4.69) is 20.8 Å². The maximum Gasteiger partial charge on any atom is 0.263 e. The molecule has 0 aliphatic carbocycles. The highest BCUT2D eigenvalue weighted by atomic mass is 16.5. The van der Waals surface area contributed by atoms with Crippen LogP contribution in [0.25, 0.3) is 22.3 Å². The van der Waals surface area contributed by atoms with Gasteiger partial charge in [-0.05, 0) is 43.9 Å². The van der Waals surface area contributed by atoms with Crippen LogP contribution in [0.4, 0.5) is 0 Å². The maximum atomic E-state index is 13.3. The molecule has 0 aliphatic rings. The van der Waals surface area contributed by atoms with Gasteiger partial charge in [0.15, 0.2) is 11.9 Å². The van der Waals surface area contributed by atoms with Crippen molar-refractivity contribution in [3.8, 4) is 17.1 Å². The second-order valence-electron chi connectivity index (χ2n) is 8.68. The molecule has 1 heterocycles. The van der Waals surface area contributed by atoms with Crippen molar-refractivity contribution in [1.29, 1.82) is 0 Å². The van der Waals surface area contributed by atoms with Crippen LogP contribution in [0.3, 0.4) is 0 Å². The molecule has 1 atom stereocenters. The summed E-state index contributed by atoms with van der Waals surface area (Å²) in [5.74, 6) is 0.241. The Kier molecular flexibility index (Phi) is 6.54. The summed E-state index contributed by atoms with van der Waals surface area (Å²) in [5.41, 5.74) is 2.11. The number of nitrogens with zero attached hydrogens (tertiary/aromatic N) is 1. The lowest BCUT2D eigenvalue weighted by molar-refractivity contribution is -0.137. The smallest absolute Gasteiger partial charge is 0.263 e. The third-order valence-corrected chi connectivity index (χ3v) is 5.49. The molecule has 3 aromatic rings. The number of para-hydroxylation sites is 1. The van der Waals surface area contributed by atoms with E-state index in [0.29, 0.717) is 29.8 Å². The molecule has 0 fully saturated rings. The second kappa shape index (κ2) is 8.96. The van der Waals surface area contributed by atoms with E-state index in [4.69, 9.17) is 9.15 Å². The maximum absolute atomic E-state index is 13.3. The second-order valence-corrected chi connectivity index (χ2v) is 8.68. The average Bonchev–Trinajstić information content (AvgIpc) is 2.75. The molecule has 1 amide bonds. The van der Waals surface area contributed by atoms with Crippen LogP contribution >= 0.6 is 0 Å². The fourth-order valence-electron chi connectivity index (χ4n) is 3.56. The fourth-order valence-corrected chi connectivity index (χ4v) is 3.56. The number of carbonyl (C=O) groups is 1. The number of carbonyl (C=O) groups excluding carboxylic acids is 1. The Morgan fingerprint density at radius 3 is 2.23 bits per heavy atom. The van der Waals surface area contributed by atoms with Gasteiger partial charge in [-0.2, -0.15) is 0 Å². The minimum Gasteiger partial charge on any atom is -0.473 e. The summed E-state index contributed by atoms with van der Waals surface area (Å²) in [6.07, 6.45) is -0.809. The number of fused-ring (bicyclic) bond motifs is 1. The lowest BCUT2D eigenvalue weighted by Crippen LogP contribution is -2.40. The molecule has 31 heavy (non-hydrogen) atoms. The van der Waals surface area contributed by atoms with E-state index in [9.17, 15) is 9.59 Å². The summed E-state index contributed by atoms with van der Waals surface area (Å²) in [6.45, 7) is 13.1. The van der Waals surface area contributed by atoms with Gasteiger partial charge >= 0.3 is 0 Å². The molecule has 164 valence electrons. The molecule has 0 spiro atoms. The Morgan fingerprint density at radius 2 is 1.65 bits per heavy atom. The molecule has 3 rings (SSSR count). The highest BCUT2D eigenvalue weighted by Gasteiger charge is 2.25. The summed E-state index contributed by atoms with van der Waals surface area (Å²) in [7, 11) is 0. The van der Waals surface area contributed by atoms with Crippen LogP contribution in [-0.2, 0) is 10.2 Å². The molecule has 0 radical (unpaired) electrons. The van der Waals surface area contributed by atoms with E-state index in [0.717, 1.165) is 5.56 Å². The number of benzene rings is 2. The molecule has 0 bridgehead atoms. The molecule has 5 heteroatoms. The SMILES string of the molecule is CCN(CC)C(=O)C(C)Oc1c(-c2ccc(C(C)(C)C)cc2)oc2ccccc2c1=O. The van der Waals surface area contributed by atoms with Gasteiger partial charge in [0.2, 0.25) is 11.2 Å². The number of rotatable bonds is 6. The van der Waals surface area contributed by atoms with Gasteiger partial charge in [-0.1, -0.05) is 57.2 Å². The van der Waals surface area contributed by atoms with Gasteiger partial charge in [0.25, 0.3) is 5.91 Å². The van der Waals surface area contributed by atoms with E-state index in [1.165, 1.54) is 5.56 Å². The average molecular weight is 422 g/mol. The minimum absolute atomic E-state index is 0.00673. The minimum atomic E-state index is -0.809. The zero-order valence-corrected chi connectivity index (χ0v) is 19.2. The summed E-state index contributed by atoms with van der Waals surface area (Å²) in [5, 5.41) is 0.426. The van der Waals surface area contributed by atoms with Crippen molar-refractivity contribution in [3.63, 3.8) is 0 Å². The molecule has 0 aliphatic heterocycles. The number of likely N-dealkylation sites (N-methyl/N-ethyl adjacent to an activating group) is 1. The highest BCUT2D eigenvalue weighted by Crippen LogP contribution is 2.33.